The van der Waals surface area contributed by atoms with E-state index < -0.39 is 0 Å². The van der Waals surface area contributed by atoms with Gasteiger partial charge in [0.2, 0.25) is 0 Å². The van der Waals surface area contributed by atoms with Crippen LogP contribution in [0.2, 0.25) is 0 Å². The van der Waals surface area contributed by atoms with Gasteiger partial charge in [0.25, 0.3) is 0 Å². The van der Waals surface area contributed by atoms with Gasteiger partial charge in [0.15, 0.2) is 0 Å². The molecule has 0 aromatic rings. The molecule has 0 heterocycles. The third kappa shape index (κ3) is 73.5. The smallest absolute Gasteiger partial charge is 0.0483 e. The van der Waals surface area contributed by atoms with Gasteiger partial charge < -0.3 is 5.11 Å². The molecule has 0 spiro atoms. The van der Waals surface area contributed by atoms with E-state index in [4.69, 9.17) is 5.11 Å². The first-order valence-electron chi connectivity index (χ1n) is 1.41. The maximum Gasteiger partial charge on any atom is 0.0483 e. The molecule has 0 atom stereocenters. The molecule has 0 bridgehead atoms. The standard InChI is InChI=1S/C3H8O.Ti/c1-3(2)4;/h3-4H,1-2H3;. The van der Waals surface area contributed by atoms with Crippen LogP contribution in [-0.2, 0) is 21.7 Å². The Labute approximate surface area is 47.3 Å². The van der Waals surface area contributed by atoms with Crippen molar-refractivity contribution in [3.05, 3.63) is 0 Å². The Morgan fingerprint density at radius 2 is 1.40 bits per heavy atom. The molecule has 0 radical (unpaired) electrons. The molecule has 0 aromatic heterocycles. The van der Waals surface area contributed by atoms with Gasteiger partial charge in [-0.25, -0.2) is 0 Å². The van der Waals surface area contributed by atoms with Gasteiger partial charge in [0.05, 0.1) is 0 Å². The van der Waals surface area contributed by atoms with Crippen molar-refractivity contribution >= 4 is 0 Å². The van der Waals surface area contributed by atoms with Crippen LogP contribution in [-0.4, -0.2) is 11.2 Å². The molecule has 1 nitrogen and oxygen atoms in total. The van der Waals surface area contributed by atoms with Gasteiger partial charge in [-0.2, -0.15) is 0 Å². The van der Waals surface area contributed by atoms with Gasteiger partial charge in [-0.05, 0) is 13.8 Å². The van der Waals surface area contributed by atoms with E-state index in [1.54, 1.807) is 13.8 Å². The summed E-state index contributed by atoms with van der Waals surface area (Å²) in [5, 5.41) is 8.06. The quantitative estimate of drug-likeness (QED) is 0.445. The van der Waals surface area contributed by atoms with Gasteiger partial charge in [-0.1, -0.05) is 0 Å². The average molecular weight is 108 g/mol. The number of aliphatic hydroxyl groups excluding tert-OH is 1. The molecular formula is C3H8OTi. The van der Waals surface area contributed by atoms with Crippen molar-refractivity contribution in [3.8, 4) is 0 Å². The molecular weight excluding hydrogens is 99.9 g/mol. The molecule has 0 unspecified atom stereocenters. The van der Waals surface area contributed by atoms with Crippen molar-refractivity contribution in [2.45, 2.75) is 20.0 Å². The summed E-state index contributed by atoms with van der Waals surface area (Å²) in [6.07, 6.45) is -0.167. The molecule has 0 aliphatic rings. The first-order chi connectivity index (χ1) is 1.73. The van der Waals surface area contributed by atoms with Crippen molar-refractivity contribution in [2.24, 2.45) is 0 Å². The van der Waals surface area contributed by atoms with Crippen LogP contribution in [0.15, 0.2) is 0 Å². The fourth-order valence-electron chi connectivity index (χ4n) is 0. The zero-order valence-electron chi connectivity index (χ0n) is 3.52. The van der Waals surface area contributed by atoms with E-state index in [1.807, 2.05) is 0 Å². The number of hydrogen-bond donors (Lipinski definition) is 1. The molecule has 0 rings (SSSR count). The third-order valence-corrected chi connectivity index (χ3v) is 0. The van der Waals surface area contributed by atoms with Crippen molar-refractivity contribution in [3.63, 3.8) is 0 Å². The van der Waals surface area contributed by atoms with E-state index in [1.165, 1.54) is 0 Å². The predicted molar refractivity (Wildman–Crippen MR) is 17.4 cm³/mol. The molecule has 0 fully saturated rings. The summed E-state index contributed by atoms with van der Waals surface area (Å²) in [5.41, 5.74) is 0. The van der Waals surface area contributed by atoms with Gasteiger partial charge in [-0.3, -0.25) is 0 Å². The maximum atomic E-state index is 8.06. The topological polar surface area (TPSA) is 20.2 Å². The van der Waals surface area contributed by atoms with Crippen LogP contribution in [0.3, 0.4) is 0 Å². The van der Waals surface area contributed by atoms with Crippen molar-refractivity contribution < 1.29 is 26.8 Å². The molecule has 30 valence electrons. The zero-order valence-corrected chi connectivity index (χ0v) is 5.09. The number of aliphatic hydroxyl groups is 1. The average Bonchev–Trinajstić information content (AvgIpc) is 0.811. The van der Waals surface area contributed by atoms with Gasteiger partial charge in [0, 0.05) is 27.8 Å². The Bertz CT molecular complexity index is 11.6. The minimum Gasteiger partial charge on any atom is -0.394 e. The van der Waals surface area contributed by atoms with Crippen molar-refractivity contribution in [2.75, 3.05) is 0 Å². The van der Waals surface area contributed by atoms with E-state index >= 15 is 0 Å². The fraction of sp³-hybridized carbons (Fsp3) is 1.00. The Kier molecular flexibility index (Phi) is 8.59. The summed E-state index contributed by atoms with van der Waals surface area (Å²) in [6.45, 7) is 3.44. The van der Waals surface area contributed by atoms with E-state index in [9.17, 15) is 0 Å². The normalized spacial score (nSPS) is 7.20. The van der Waals surface area contributed by atoms with Gasteiger partial charge >= 0.3 is 0 Å². The molecule has 0 amide bonds. The second-order valence-corrected chi connectivity index (χ2v) is 1.09. The van der Waals surface area contributed by atoms with Crippen molar-refractivity contribution in [1.29, 1.82) is 0 Å². The molecule has 0 saturated heterocycles. The van der Waals surface area contributed by atoms with Crippen LogP contribution in [0.4, 0.5) is 0 Å². The fourth-order valence-corrected chi connectivity index (χ4v) is 0. The second kappa shape index (κ2) is 4.67. The minimum atomic E-state index is -0.167. The summed E-state index contributed by atoms with van der Waals surface area (Å²) in [6, 6.07) is 0. The molecule has 0 aromatic carbocycles. The molecule has 5 heavy (non-hydrogen) atoms. The van der Waals surface area contributed by atoms with Gasteiger partial charge in [-0.15, -0.1) is 0 Å². The summed E-state index contributed by atoms with van der Waals surface area (Å²) in [4.78, 5) is 0. The number of rotatable bonds is 0. The van der Waals surface area contributed by atoms with Crippen molar-refractivity contribution in [1.82, 2.24) is 0 Å². The first-order valence-corrected chi connectivity index (χ1v) is 1.41. The van der Waals surface area contributed by atoms with Crippen LogP contribution >= 0.6 is 0 Å². The van der Waals surface area contributed by atoms with E-state index in [-0.39, 0.29) is 27.8 Å². The summed E-state index contributed by atoms with van der Waals surface area (Å²) in [7, 11) is 0. The van der Waals surface area contributed by atoms with Crippen LogP contribution in [0.5, 0.6) is 0 Å². The van der Waals surface area contributed by atoms with E-state index in [2.05, 4.69) is 0 Å². The maximum absolute atomic E-state index is 8.06. The second-order valence-electron chi connectivity index (χ2n) is 1.09. The molecule has 0 saturated carbocycles. The summed E-state index contributed by atoms with van der Waals surface area (Å²) in [5.74, 6) is 0. The van der Waals surface area contributed by atoms with E-state index in [0.717, 1.165) is 0 Å². The van der Waals surface area contributed by atoms with Gasteiger partial charge in [0.1, 0.15) is 0 Å². The van der Waals surface area contributed by atoms with Crippen LogP contribution < -0.4 is 0 Å². The minimum absolute atomic E-state index is 0. The summed E-state index contributed by atoms with van der Waals surface area (Å²) >= 11 is 0. The molecule has 1 N–H and O–H groups in total. The van der Waals surface area contributed by atoms with Crippen LogP contribution in [0, 0.1) is 0 Å². The largest absolute Gasteiger partial charge is 0.394 e. The van der Waals surface area contributed by atoms with Crippen LogP contribution in [0.1, 0.15) is 13.8 Å². The van der Waals surface area contributed by atoms with E-state index in [0.29, 0.717) is 0 Å². The predicted octanol–water partition coefficient (Wildman–Crippen LogP) is 0.385. The Balaban J connectivity index is 0. The monoisotopic (exact) mass is 108 g/mol. The molecule has 2 heteroatoms. The Morgan fingerprint density at radius 3 is 1.40 bits per heavy atom. The SMILES string of the molecule is CC(C)O.[Ti]. The Hall–Kier alpha value is 0.674. The van der Waals surface area contributed by atoms with Crippen LogP contribution in [0.25, 0.3) is 0 Å². The molecule has 0 aliphatic heterocycles. The summed E-state index contributed by atoms with van der Waals surface area (Å²) < 4.78 is 0. The first kappa shape index (κ1) is 9.18. The Morgan fingerprint density at radius 1 is 1.40 bits per heavy atom. The third-order valence-electron chi connectivity index (χ3n) is 0. The molecule has 0 aliphatic carbocycles. The zero-order chi connectivity index (χ0) is 3.58. The number of hydrogen-bond acceptors (Lipinski definition) is 1.